The smallest absolute Gasteiger partial charge is 0.254 e. The number of fused-ring (bicyclic) bond motifs is 1. The van der Waals surface area contributed by atoms with E-state index in [0.717, 1.165) is 58.7 Å². The molecule has 1 aliphatic heterocycles. The molecule has 0 N–H and O–H groups in total. The van der Waals surface area contributed by atoms with E-state index in [1.54, 1.807) is 6.33 Å². The molecule has 1 aromatic carbocycles. The molecule has 0 atom stereocenters. The first-order valence-corrected chi connectivity index (χ1v) is 9.81. The molecule has 0 fully saturated rings. The largest absolute Gasteiger partial charge is 0.332 e. The molecular weight excluding hydrogens is 350 g/mol. The zero-order valence-corrected chi connectivity index (χ0v) is 16.6. The first kappa shape index (κ1) is 18.3. The summed E-state index contributed by atoms with van der Waals surface area (Å²) in [7, 11) is 0. The van der Waals surface area contributed by atoms with Crippen molar-refractivity contribution >= 4 is 5.91 Å². The third-order valence-corrected chi connectivity index (χ3v) is 5.47. The molecule has 1 aliphatic rings. The summed E-state index contributed by atoms with van der Waals surface area (Å²) >= 11 is 0. The van der Waals surface area contributed by atoms with Crippen LogP contribution in [0.4, 0.5) is 0 Å². The Morgan fingerprint density at radius 2 is 2.04 bits per heavy atom. The van der Waals surface area contributed by atoms with E-state index in [0.29, 0.717) is 13.1 Å². The van der Waals surface area contributed by atoms with Crippen molar-refractivity contribution in [3.63, 3.8) is 0 Å². The summed E-state index contributed by atoms with van der Waals surface area (Å²) in [5, 5.41) is 4.65. The van der Waals surface area contributed by atoms with E-state index >= 15 is 0 Å². The van der Waals surface area contributed by atoms with Crippen molar-refractivity contribution in [2.75, 3.05) is 6.54 Å². The third kappa shape index (κ3) is 3.30. The highest BCUT2D eigenvalue weighted by atomic mass is 16.2. The first-order valence-electron chi connectivity index (χ1n) is 9.81. The fourth-order valence-electron chi connectivity index (χ4n) is 3.73. The standard InChI is InChI=1S/C22H25N5O/c1-4-6-17-9-12-27(25-17)21-19-10-11-26(13-20(19)23-14-24-21)22(28)18-8-5-7-15(2)16(18)3/h5,7-9,12,14H,4,6,10-11,13H2,1-3H3. The van der Waals surface area contributed by atoms with E-state index in [9.17, 15) is 4.79 Å². The van der Waals surface area contributed by atoms with E-state index in [1.807, 2.05) is 53.9 Å². The Balaban J connectivity index is 1.61. The second-order valence-electron chi connectivity index (χ2n) is 7.35. The van der Waals surface area contributed by atoms with Gasteiger partial charge < -0.3 is 4.90 Å². The van der Waals surface area contributed by atoms with Gasteiger partial charge in [0.25, 0.3) is 5.91 Å². The molecule has 144 valence electrons. The minimum Gasteiger partial charge on any atom is -0.332 e. The van der Waals surface area contributed by atoms with E-state index < -0.39 is 0 Å². The van der Waals surface area contributed by atoms with E-state index in [4.69, 9.17) is 0 Å². The number of hydrogen-bond acceptors (Lipinski definition) is 4. The summed E-state index contributed by atoms with van der Waals surface area (Å²) < 4.78 is 1.84. The minimum absolute atomic E-state index is 0.0660. The normalized spacial score (nSPS) is 13.5. The van der Waals surface area contributed by atoms with Crippen LogP contribution in [-0.2, 0) is 19.4 Å². The lowest BCUT2D eigenvalue weighted by atomic mass is 10.00. The molecule has 2 aromatic heterocycles. The highest BCUT2D eigenvalue weighted by Gasteiger charge is 2.26. The van der Waals surface area contributed by atoms with Crippen LogP contribution in [0.1, 0.15) is 51.8 Å². The third-order valence-electron chi connectivity index (χ3n) is 5.47. The number of aromatic nitrogens is 4. The zero-order valence-electron chi connectivity index (χ0n) is 16.6. The van der Waals surface area contributed by atoms with E-state index in [2.05, 4.69) is 22.0 Å². The fraction of sp³-hybridized carbons (Fsp3) is 0.364. The van der Waals surface area contributed by atoms with Gasteiger partial charge >= 0.3 is 0 Å². The molecule has 28 heavy (non-hydrogen) atoms. The van der Waals surface area contributed by atoms with Gasteiger partial charge in [-0.15, -0.1) is 0 Å². The molecule has 1 amide bonds. The van der Waals surface area contributed by atoms with Gasteiger partial charge in [0.2, 0.25) is 0 Å². The van der Waals surface area contributed by atoms with E-state index in [-0.39, 0.29) is 5.91 Å². The second-order valence-corrected chi connectivity index (χ2v) is 7.35. The second kappa shape index (κ2) is 7.54. The number of benzene rings is 1. The maximum Gasteiger partial charge on any atom is 0.254 e. The summed E-state index contributed by atoms with van der Waals surface area (Å²) in [6, 6.07) is 7.93. The molecule has 4 rings (SSSR count). The number of nitrogens with zero attached hydrogens (tertiary/aromatic N) is 5. The Bertz CT molecular complexity index is 1020. The van der Waals surface area contributed by atoms with Crippen LogP contribution in [0, 0.1) is 13.8 Å². The van der Waals surface area contributed by atoms with Crippen molar-refractivity contribution in [3.05, 3.63) is 70.4 Å². The maximum absolute atomic E-state index is 13.1. The van der Waals surface area contributed by atoms with Crippen molar-refractivity contribution < 1.29 is 4.79 Å². The minimum atomic E-state index is 0.0660. The van der Waals surface area contributed by atoms with Crippen LogP contribution in [0.15, 0.2) is 36.8 Å². The van der Waals surface area contributed by atoms with Crippen molar-refractivity contribution in [2.45, 2.75) is 46.6 Å². The van der Waals surface area contributed by atoms with Gasteiger partial charge in [-0.2, -0.15) is 5.10 Å². The summed E-state index contributed by atoms with van der Waals surface area (Å²) in [4.78, 5) is 23.9. The van der Waals surface area contributed by atoms with Crippen LogP contribution in [-0.4, -0.2) is 37.1 Å². The highest BCUT2D eigenvalue weighted by molar-refractivity contribution is 5.96. The molecule has 0 radical (unpaired) electrons. The van der Waals surface area contributed by atoms with Crippen LogP contribution in [0.5, 0.6) is 0 Å². The lowest BCUT2D eigenvalue weighted by molar-refractivity contribution is 0.0730. The van der Waals surface area contributed by atoms with Gasteiger partial charge in [0.05, 0.1) is 17.9 Å². The van der Waals surface area contributed by atoms with Crippen molar-refractivity contribution in [1.82, 2.24) is 24.6 Å². The molecule has 3 heterocycles. The number of amides is 1. The summed E-state index contributed by atoms with van der Waals surface area (Å²) in [6.45, 7) is 7.34. The maximum atomic E-state index is 13.1. The van der Waals surface area contributed by atoms with Gasteiger partial charge in [-0.1, -0.05) is 25.5 Å². The Morgan fingerprint density at radius 3 is 2.86 bits per heavy atom. The topological polar surface area (TPSA) is 63.9 Å². The number of carbonyl (C=O) groups is 1. The van der Waals surface area contributed by atoms with Gasteiger partial charge in [-0.3, -0.25) is 4.79 Å². The molecule has 0 saturated carbocycles. The van der Waals surface area contributed by atoms with Gasteiger partial charge in [0.1, 0.15) is 6.33 Å². The van der Waals surface area contributed by atoms with Crippen LogP contribution in [0.25, 0.3) is 5.82 Å². The van der Waals surface area contributed by atoms with Gasteiger partial charge in [0.15, 0.2) is 5.82 Å². The number of rotatable bonds is 4. The zero-order chi connectivity index (χ0) is 19.7. The van der Waals surface area contributed by atoms with Gasteiger partial charge in [0, 0.05) is 23.9 Å². The number of aryl methyl sites for hydroxylation is 2. The van der Waals surface area contributed by atoms with Gasteiger partial charge in [-0.25, -0.2) is 14.6 Å². The van der Waals surface area contributed by atoms with Crippen LogP contribution in [0.2, 0.25) is 0 Å². The molecule has 6 nitrogen and oxygen atoms in total. The average Bonchev–Trinajstić information content (AvgIpc) is 3.17. The molecule has 6 heteroatoms. The van der Waals surface area contributed by atoms with E-state index in [1.165, 1.54) is 0 Å². The Labute approximate surface area is 165 Å². The van der Waals surface area contributed by atoms with Crippen LogP contribution >= 0.6 is 0 Å². The average molecular weight is 375 g/mol. The number of hydrogen-bond donors (Lipinski definition) is 0. The molecule has 3 aromatic rings. The fourth-order valence-corrected chi connectivity index (χ4v) is 3.73. The summed E-state index contributed by atoms with van der Waals surface area (Å²) in [6.07, 6.45) is 6.28. The monoisotopic (exact) mass is 375 g/mol. The van der Waals surface area contributed by atoms with Crippen LogP contribution < -0.4 is 0 Å². The lowest BCUT2D eigenvalue weighted by Crippen LogP contribution is -2.37. The van der Waals surface area contributed by atoms with Crippen LogP contribution in [0.3, 0.4) is 0 Å². The summed E-state index contributed by atoms with van der Waals surface area (Å²) in [5.41, 5.74) is 6.00. The Kier molecular flexibility index (Phi) is 4.94. The lowest BCUT2D eigenvalue weighted by Gasteiger charge is -2.29. The molecule has 0 aliphatic carbocycles. The van der Waals surface area contributed by atoms with Crippen molar-refractivity contribution in [2.24, 2.45) is 0 Å². The van der Waals surface area contributed by atoms with Crippen molar-refractivity contribution in [3.8, 4) is 5.82 Å². The molecule has 0 unspecified atom stereocenters. The molecule has 0 bridgehead atoms. The SMILES string of the molecule is CCCc1ccn(-c2ncnc3c2CCN(C(=O)c2cccc(C)c2C)C3)n1. The first-order chi connectivity index (χ1) is 13.6. The van der Waals surface area contributed by atoms with Gasteiger partial charge in [-0.05, 0) is 49.9 Å². The Hall–Kier alpha value is -3.02. The predicted octanol–water partition coefficient (Wildman–Crippen LogP) is 3.43. The summed E-state index contributed by atoms with van der Waals surface area (Å²) in [5.74, 6) is 0.891. The number of carbonyl (C=O) groups excluding carboxylic acids is 1. The van der Waals surface area contributed by atoms with Crippen molar-refractivity contribution in [1.29, 1.82) is 0 Å². The molecular formula is C22H25N5O. The molecule has 0 spiro atoms. The molecule has 0 saturated heterocycles. The highest BCUT2D eigenvalue weighted by Crippen LogP contribution is 2.24. The predicted molar refractivity (Wildman–Crippen MR) is 108 cm³/mol. The Morgan fingerprint density at radius 1 is 1.18 bits per heavy atom. The quantitative estimate of drug-likeness (QED) is 0.701.